The van der Waals surface area contributed by atoms with E-state index in [1.807, 2.05) is 11.8 Å². The fraction of sp³-hybridized carbons (Fsp3) is 1.00. The van der Waals surface area contributed by atoms with Crippen molar-refractivity contribution in [3.05, 3.63) is 0 Å². The predicted octanol–water partition coefficient (Wildman–Crippen LogP) is 0.801. The van der Waals surface area contributed by atoms with Crippen LogP contribution in [0.4, 0.5) is 0 Å². The Morgan fingerprint density at radius 2 is 2.19 bits per heavy atom. The Bertz CT molecular complexity index is 275. The highest BCUT2D eigenvalue weighted by Gasteiger charge is 2.18. The van der Waals surface area contributed by atoms with Crippen LogP contribution in [0.5, 0.6) is 0 Å². The molecule has 1 atom stereocenters. The minimum atomic E-state index is -3.08. The third kappa shape index (κ3) is 6.08. The summed E-state index contributed by atoms with van der Waals surface area (Å²) in [6, 6.07) is 0. The van der Waals surface area contributed by atoms with Gasteiger partial charge in [-0.15, -0.1) is 0 Å². The van der Waals surface area contributed by atoms with Gasteiger partial charge < -0.3 is 5.32 Å². The molecule has 1 aliphatic heterocycles. The van der Waals surface area contributed by atoms with Crippen LogP contribution in [0.15, 0.2) is 0 Å². The van der Waals surface area contributed by atoms with Crippen LogP contribution < -0.4 is 10.0 Å². The van der Waals surface area contributed by atoms with E-state index >= 15 is 0 Å². The summed E-state index contributed by atoms with van der Waals surface area (Å²) in [5.74, 6) is 1.36. The topological polar surface area (TPSA) is 58.2 Å². The maximum Gasteiger partial charge on any atom is 0.212 e. The molecule has 0 amide bonds. The Morgan fingerprint density at radius 1 is 1.38 bits per heavy atom. The third-order valence-corrected chi connectivity index (χ3v) is 5.28. The molecular formula is C10H22N2O2S2. The number of nitrogens with one attached hydrogen (secondary N) is 2. The Morgan fingerprint density at radius 3 is 2.81 bits per heavy atom. The van der Waals surface area contributed by atoms with Crippen molar-refractivity contribution in [1.82, 2.24) is 10.0 Å². The second-order valence-corrected chi connectivity index (χ2v) is 7.39. The van der Waals surface area contributed by atoms with Crippen LogP contribution in [0, 0.1) is 0 Å². The quantitative estimate of drug-likeness (QED) is 0.638. The SMILES string of the molecule is CCCNCCS(=O)(=O)NCC1CCCS1. The fourth-order valence-corrected chi connectivity index (χ4v) is 3.92. The van der Waals surface area contributed by atoms with Crippen molar-refractivity contribution in [2.45, 2.75) is 31.4 Å². The number of sulfonamides is 1. The Labute approximate surface area is 103 Å². The van der Waals surface area contributed by atoms with Gasteiger partial charge in [-0.25, -0.2) is 13.1 Å². The number of hydrogen-bond donors (Lipinski definition) is 2. The van der Waals surface area contributed by atoms with Crippen LogP contribution >= 0.6 is 11.8 Å². The lowest BCUT2D eigenvalue weighted by atomic mass is 10.2. The molecule has 0 radical (unpaired) electrons. The minimum Gasteiger partial charge on any atom is -0.316 e. The van der Waals surface area contributed by atoms with Crippen molar-refractivity contribution in [2.75, 3.05) is 31.1 Å². The van der Waals surface area contributed by atoms with E-state index in [0.717, 1.165) is 19.4 Å². The van der Waals surface area contributed by atoms with Crippen LogP contribution in [0.2, 0.25) is 0 Å². The Kier molecular flexibility index (Phi) is 6.72. The first-order chi connectivity index (χ1) is 7.64. The van der Waals surface area contributed by atoms with Crippen LogP contribution in [0.3, 0.4) is 0 Å². The highest BCUT2D eigenvalue weighted by atomic mass is 32.2. The zero-order valence-corrected chi connectivity index (χ0v) is 11.5. The standard InChI is InChI=1S/C10H22N2O2S2/c1-2-5-11-6-8-16(13,14)12-9-10-4-3-7-15-10/h10-12H,2-9H2,1H3. The number of rotatable bonds is 8. The van der Waals surface area contributed by atoms with Gasteiger partial charge in [0.2, 0.25) is 10.0 Å². The molecule has 1 fully saturated rings. The zero-order chi connectivity index (χ0) is 11.9. The van der Waals surface area contributed by atoms with Gasteiger partial charge >= 0.3 is 0 Å². The van der Waals surface area contributed by atoms with E-state index in [1.54, 1.807) is 0 Å². The minimum absolute atomic E-state index is 0.185. The van der Waals surface area contributed by atoms with Crippen molar-refractivity contribution < 1.29 is 8.42 Å². The molecule has 2 N–H and O–H groups in total. The third-order valence-electron chi connectivity index (χ3n) is 2.53. The smallest absolute Gasteiger partial charge is 0.212 e. The van der Waals surface area contributed by atoms with Crippen molar-refractivity contribution in [3.8, 4) is 0 Å². The van der Waals surface area contributed by atoms with Crippen LogP contribution in [0.25, 0.3) is 0 Å². The zero-order valence-electron chi connectivity index (χ0n) is 9.87. The van der Waals surface area contributed by atoms with Gasteiger partial charge in [-0.2, -0.15) is 11.8 Å². The molecule has 1 rings (SSSR count). The summed E-state index contributed by atoms with van der Waals surface area (Å²) >= 11 is 1.87. The lowest BCUT2D eigenvalue weighted by molar-refractivity contribution is 0.574. The summed E-state index contributed by atoms with van der Waals surface area (Å²) in [4.78, 5) is 0. The molecule has 0 aromatic carbocycles. The average molecular weight is 266 g/mol. The first-order valence-corrected chi connectivity index (χ1v) is 8.64. The molecule has 0 spiro atoms. The second kappa shape index (κ2) is 7.53. The summed E-state index contributed by atoms with van der Waals surface area (Å²) in [6.45, 7) is 4.09. The molecule has 1 saturated heterocycles. The second-order valence-electron chi connectivity index (χ2n) is 4.05. The summed E-state index contributed by atoms with van der Waals surface area (Å²) in [7, 11) is -3.08. The molecule has 1 heterocycles. The molecule has 96 valence electrons. The van der Waals surface area contributed by atoms with E-state index in [0.29, 0.717) is 18.3 Å². The lowest BCUT2D eigenvalue weighted by Crippen LogP contribution is -2.35. The first-order valence-electron chi connectivity index (χ1n) is 5.93. The van der Waals surface area contributed by atoms with Gasteiger partial charge in [0.15, 0.2) is 0 Å². The molecule has 4 nitrogen and oxygen atoms in total. The molecular weight excluding hydrogens is 244 g/mol. The number of hydrogen-bond acceptors (Lipinski definition) is 4. The molecule has 6 heteroatoms. The maximum atomic E-state index is 11.6. The summed E-state index contributed by atoms with van der Waals surface area (Å²) in [6.07, 6.45) is 3.39. The highest BCUT2D eigenvalue weighted by molar-refractivity contribution is 8.00. The lowest BCUT2D eigenvalue weighted by Gasteiger charge is -2.11. The van der Waals surface area contributed by atoms with Gasteiger partial charge in [-0.05, 0) is 31.6 Å². The van der Waals surface area contributed by atoms with Gasteiger partial charge in [0.1, 0.15) is 0 Å². The molecule has 0 saturated carbocycles. The normalized spacial score (nSPS) is 21.4. The number of thioether (sulfide) groups is 1. The van der Waals surface area contributed by atoms with E-state index in [-0.39, 0.29) is 5.75 Å². The summed E-state index contributed by atoms with van der Waals surface area (Å²) in [5, 5.41) is 3.58. The van der Waals surface area contributed by atoms with Gasteiger partial charge in [-0.3, -0.25) is 0 Å². The van der Waals surface area contributed by atoms with Crippen molar-refractivity contribution in [1.29, 1.82) is 0 Å². The van der Waals surface area contributed by atoms with Crippen LogP contribution in [-0.4, -0.2) is 44.8 Å². The van der Waals surface area contributed by atoms with Gasteiger partial charge in [0.05, 0.1) is 5.75 Å². The van der Waals surface area contributed by atoms with E-state index in [4.69, 9.17) is 0 Å². The fourth-order valence-electron chi connectivity index (χ4n) is 1.61. The highest BCUT2D eigenvalue weighted by Crippen LogP contribution is 2.25. The van der Waals surface area contributed by atoms with E-state index < -0.39 is 10.0 Å². The molecule has 0 aromatic rings. The molecule has 0 aromatic heterocycles. The van der Waals surface area contributed by atoms with Gasteiger partial charge in [0, 0.05) is 18.3 Å². The molecule has 16 heavy (non-hydrogen) atoms. The van der Waals surface area contributed by atoms with Crippen molar-refractivity contribution in [2.24, 2.45) is 0 Å². The molecule has 0 bridgehead atoms. The van der Waals surface area contributed by atoms with E-state index in [1.165, 1.54) is 12.2 Å². The van der Waals surface area contributed by atoms with E-state index in [9.17, 15) is 8.42 Å². The summed E-state index contributed by atoms with van der Waals surface area (Å²) < 4.78 is 25.9. The molecule has 1 unspecified atom stereocenters. The van der Waals surface area contributed by atoms with Crippen LogP contribution in [-0.2, 0) is 10.0 Å². The summed E-state index contributed by atoms with van der Waals surface area (Å²) in [5.41, 5.74) is 0. The van der Waals surface area contributed by atoms with Crippen molar-refractivity contribution >= 4 is 21.8 Å². The van der Waals surface area contributed by atoms with Gasteiger partial charge in [0.25, 0.3) is 0 Å². The monoisotopic (exact) mass is 266 g/mol. The first kappa shape index (κ1) is 14.3. The van der Waals surface area contributed by atoms with E-state index in [2.05, 4.69) is 17.0 Å². The van der Waals surface area contributed by atoms with Gasteiger partial charge in [-0.1, -0.05) is 6.92 Å². The largest absolute Gasteiger partial charge is 0.316 e. The molecule has 1 aliphatic rings. The predicted molar refractivity (Wildman–Crippen MR) is 70.4 cm³/mol. The Hall–Kier alpha value is 0.220. The maximum absolute atomic E-state index is 11.6. The molecule has 0 aliphatic carbocycles. The Balaban J connectivity index is 2.12. The van der Waals surface area contributed by atoms with Crippen molar-refractivity contribution in [3.63, 3.8) is 0 Å². The van der Waals surface area contributed by atoms with Crippen LogP contribution in [0.1, 0.15) is 26.2 Å². The average Bonchev–Trinajstić information content (AvgIpc) is 2.75.